The largest absolute Gasteiger partial charge is 0.393 e. The van der Waals surface area contributed by atoms with Crippen LogP contribution in [0.5, 0.6) is 0 Å². The summed E-state index contributed by atoms with van der Waals surface area (Å²) in [7, 11) is 0. The van der Waals surface area contributed by atoms with Crippen LogP contribution in [0.2, 0.25) is 0 Å². The van der Waals surface area contributed by atoms with E-state index in [9.17, 15) is 4.79 Å². The van der Waals surface area contributed by atoms with Crippen molar-refractivity contribution in [2.45, 2.75) is 52.0 Å². The average Bonchev–Trinajstić information content (AvgIpc) is 2.42. The Morgan fingerprint density at radius 1 is 1.42 bits per heavy atom. The maximum atomic E-state index is 12.0. The van der Waals surface area contributed by atoms with E-state index < -0.39 is 0 Å². The van der Waals surface area contributed by atoms with Crippen molar-refractivity contribution in [3.05, 3.63) is 0 Å². The second kappa shape index (κ2) is 8.48. The molecule has 1 amide bonds. The van der Waals surface area contributed by atoms with Gasteiger partial charge >= 0.3 is 0 Å². The molecular formula is C14H27N3OS. The van der Waals surface area contributed by atoms with Gasteiger partial charge in [-0.1, -0.05) is 32.0 Å². The highest BCUT2D eigenvalue weighted by atomic mass is 32.1. The number of unbranched alkanes of at least 4 members (excludes halogenated alkanes) is 2. The quantitative estimate of drug-likeness (QED) is 0.552. The van der Waals surface area contributed by atoms with E-state index in [0.717, 1.165) is 38.9 Å². The Bertz CT molecular complexity index is 301. The Morgan fingerprint density at radius 3 is 2.58 bits per heavy atom. The molecule has 1 atom stereocenters. The fourth-order valence-electron chi connectivity index (χ4n) is 2.47. The highest BCUT2D eigenvalue weighted by Gasteiger charge is 2.27. The molecule has 3 N–H and O–H groups in total. The van der Waals surface area contributed by atoms with Crippen molar-refractivity contribution in [3.8, 4) is 0 Å². The summed E-state index contributed by atoms with van der Waals surface area (Å²) in [6.07, 6.45) is 5.37. The number of nitrogens with one attached hydrogen (secondary N) is 1. The van der Waals surface area contributed by atoms with Gasteiger partial charge < -0.3 is 11.1 Å². The van der Waals surface area contributed by atoms with Gasteiger partial charge in [-0.15, -0.1) is 0 Å². The lowest BCUT2D eigenvalue weighted by atomic mass is 9.96. The van der Waals surface area contributed by atoms with Gasteiger partial charge in [0.2, 0.25) is 5.91 Å². The minimum absolute atomic E-state index is 0.0473. The Kier molecular flexibility index (Phi) is 7.31. The Balaban J connectivity index is 2.27. The zero-order chi connectivity index (χ0) is 14.3. The first-order valence-electron chi connectivity index (χ1n) is 7.37. The third kappa shape index (κ3) is 5.45. The fraction of sp³-hybridized carbons (Fsp3) is 0.857. The van der Waals surface area contributed by atoms with E-state index in [4.69, 9.17) is 18.0 Å². The van der Waals surface area contributed by atoms with E-state index in [1.165, 1.54) is 12.8 Å². The normalized spacial score (nSPS) is 19.1. The van der Waals surface area contributed by atoms with Crippen molar-refractivity contribution in [3.63, 3.8) is 0 Å². The van der Waals surface area contributed by atoms with Crippen molar-refractivity contribution in [1.82, 2.24) is 10.2 Å². The van der Waals surface area contributed by atoms with Gasteiger partial charge in [-0.2, -0.15) is 0 Å². The third-order valence-corrected chi connectivity index (χ3v) is 4.27. The smallest absolute Gasteiger partial charge is 0.237 e. The molecule has 1 rings (SSSR count). The SMILES string of the molecule is CCCCCNC(=O)C(C)N1CCC(C(N)=S)CC1. The summed E-state index contributed by atoms with van der Waals surface area (Å²) < 4.78 is 0. The van der Waals surface area contributed by atoms with Crippen LogP contribution in [-0.2, 0) is 4.79 Å². The summed E-state index contributed by atoms with van der Waals surface area (Å²) >= 11 is 5.03. The van der Waals surface area contributed by atoms with Crippen molar-refractivity contribution >= 4 is 23.1 Å². The van der Waals surface area contributed by atoms with Crippen molar-refractivity contribution in [2.75, 3.05) is 19.6 Å². The van der Waals surface area contributed by atoms with Crippen LogP contribution in [0.3, 0.4) is 0 Å². The second-order valence-electron chi connectivity index (χ2n) is 5.39. The molecule has 1 saturated heterocycles. The average molecular weight is 285 g/mol. The number of hydrogen-bond donors (Lipinski definition) is 2. The lowest BCUT2D eigenvalue weighted by Crippen LogP contribution is -2.49. The van der Waals surface area contributed by atoms with E-state index in [-0.39, 0.29) is 11.9 Å². The molecule has 0 aliphatic carbocycles. The molecular weight excluding hydrogens is 258 g/mol. The molecule has 19 heavy (non-hydrogen) atoms. The van der Waals surface area contributed by atoms with Crippen LogP contribution in [0.25, 0.3) is 0 Å². The predicted molar refractivity (Wildman–Crippen MR) is 83.1 cm³/mol. The molecule has 5 heteroatoms. The van der Waals surface area contributed by atoms with Gasteiger partial charge in [0.25, 0.3) is 0 Å². The van der Waals surface area contributed by atoms with E-state index in [1.807, 2.05) is 6.92 Å². The molecule has 0 bridgehead atoms. The van der Waals surface area contributed by atoms with Crippen LogP contribution >= 0.6 is 12.2 Å². The topological polar surface area (TPSA) is 58.4 Å². The number of rotatable bonds is 7. The number of nitrogens with zero attached hydrogens (tertiary/aromatic N) is 1. The standard InChI is InChI=1S/C14H27N3OS/c1-3-4-5-8-16-14(18)11(2)17-9-6-12(7-10-17)13(15)19/h11-12H,3-10H2,1-2H3,(H2,15,19)(H,16,18). The molecule has 0 spiro atoms. The first-order valence-corrected chi connectivity index (χ1v) is 7.78. The van der Waals surface area contributed by atoms with E-state index in [0.29, 0.717) is 10.9 Å². The van der Waals surface area contributed by atoms with E-state index >= 15 is 0 Å². The molecule has 1 aliphatic rings. The first kappa shape index (κ1) is 16.4. The van der Waals surface area contributed by atoms with Gasteiger partial charge in [-0.05, 0) is 39.3 Å². The predicted octanol–water partition coefficient (Wildman–Crippen LogP) is 1.68. The lowest BCUT2D eigenvalue weighted by Gasteiger charge is -2.34. The summed E-state index contributed by atoms with van der Waals surface area (Å²) in [4.78, 5) is 14.9. The van der Waals surface area contributed by atoms with Crippen molar-refractivity contribution in [2.24, 2.45) is 11.7 Å². The molecule has 1 aliphatic heterocycles. The fourth-order valence-corrected chi connectivity index (χ4v) is 2.71. The van der Waals surface area contributed by atoms with Gasteiger partial charge in [0.05, 0.1) is 11.0 Å². The maximum absolute atomic E-state index is 12.0. The molecule has 0 aromatic rings. The Hall–Kier alpha value is -0.680. The molecule has 0 aromatic heterocycles. The van der Waals surface area contributed by atoms with Gasteiger partial charge in [-0.3, -0.25) is 9.69 Å². The van der Waals surface area contributed by atoms with E-state index in [1.54, 1.807) is 0 Å². The number of nitrogens with two attached hydrogens (primary N) is 1. The molecule has 1 unspecified atom stereocenters. The van der Waals surface area contributed by atoms with Gasteiger partial charge in [0, 0.05) is 12.5 Å². The summed E-state index contributed by atoms with van der Waals surface area (Å²) in [5.41, 5.74) is 5.68. The number of thiocarbonyl (C=S) groups is 1. The number of carbonyl (C=O) groups is 1. The van der Waals surface area contributed by atoms with Crippen LogP contribution in [0.1, 0.15) is 46.0 Å². The summed E-state index contributed by atoms with van der Waals surface area (Å²) in [5, 5.41) is 3.02. The first-order chi connectivity index (χ1) is 9.06. The molecule has 1 fully saturated rings. The van der Waals surface area contributed by atoms with Crippen molar-refractivity contribution in [1.29, 1.82) is 0 Å². The zero-order valence-corrected chi connectivity index (χ0v) is 13.0. The summed E-state index contributed by atoms with van der Waals surface area (Å²) in [6.45, 7) is 6.75. The van der Waals surface area contributed by atoms with Crippen LogP contribution in [-0.4, -0.2) is 41.5 Å². The Morgan fingerprint density at radius 2 is 2.05 bits per heavy atom. The molecule has 0 aromatic carbocycles. The van der Waals surface area contributed by atoms with Crippen molar-refractivity contribution < 1.29 is 4.79 Å². The monoisotopic (exact) mass is 285 g/mol. The minimum atomic E-state index is -0.0473. The number of likely N-dealkylation sites (tertiary alicyclic amines) is 1. The molecule has 4 nitrogen and oxygen atoms in total. The van der Waals surface area contributed by atoms with Crippen LogP contribution in [0.4, 0.5) is 0 Å². The minimum Gasteiger partial charge on any atom is -0.393 e. The lowest BCUT2D eigenvalue weighted by molar-refractivity contribution is -0.126. The number of hydrogen-bond acceptors (Lipinski definition) is 3. The van der Waals surface area contributed by atoms with Crippen LogP contribution in [0.15, 0.2) is 0 Å². The Labute approximate surface area is 122 Å². The second-order valence-corrected chi connectivity index (χ2v) is 5.86. The highest BCUT2D eigenvalue weighted by Crippen LogP contribution is 2.19. The molecule has 0 saturated carbocycles. The third-order valence-electron chi connectivity index (χ3n) is 3.94. The maximum Gasteiger partial charge on any atom is 0.237 e. The molecule has 1 heterocycles. The van der Waals surface area contributed by atoms with Crippen LogP contribution in [0, 0.1) is 5.92 Å². The van der Waals surface area contributed by atoms with Gasteiger partial charge in [-0.25, -0.2) is 0 Å². The summed E-state index contributed by atoms with van der Waals surface area (Å²) in [5.74, 6) is 0.496. The highest BCUT2D eigenvalue weighted by molar-refractivity contribution is 7.80. The number of amides is 1. The van der Waals surface area contributed by atoms with E-state index in [2.05, 4.69) is 17.1 Å². The number of piperidine rings is 1. The van der Waals surface area contributed by atoms with Crippen LogP contribution < -0.4 is 11.1 Å². The van der Waals surface area contributed by atoms with Gasteiger partial charge in [0.15, 0.2) is 0 Å². The molecule has 110 valence electrons. The van der Waals surface area contributed by atoms with Gasteiger partial charge in [0.1, 0.15) is 0 Å². The zero-order valence-electron chi connectivity index (χ0n) is 12.2. The molecule has 0 radical (unpaired) electrons. The number of carbonyl (C=O) groups excluding carboxylic acids is 1. The summed E-state index contributed by atoms with van der Waals surface area (Å²) in [6, 6.07) is -0.0473.